The highest BCUT2D eigenvalue weighted by atomic mass is 16.5. The van der Waals surface area contributed by atoms with Crippen LogP contribution < -0.4 is 5.43 Å². The van der Waals surface area contributed by atoms with Crippen molar-refractivity contribution >= 4 is 0 Å². The summed E-state index contributed by atoms with van der Waals surface area (Å²) in [5.41, 5.74) is 3.30. The van der Waals surface area contributed by atoms with Gasteiger partial charge in [-0.25, -0.2) is 5.01 Å². The first-order valence-electron chi connectivity index (χ1n) is 5.18. The maximum atomic E-state index is 8.48. The number of aliphatic hydroxyl groups is 1. The predicted octanol–water partition coefficient (Wildman–Crippen LogP) is -1.25. The summed E-state index contributed by atoms with van der Waals surface area (Å²) in [6.07, 6.45) is 0. The van der Waals surface area contributed by atoms with Crippen molar-refractivity contribution in [1.29, 1.82) is 0 Å². The summed E-state index contributed by atoms with van der Waals surface area (Å²) < 4.78 is 5.15. The molecule has 5 nitrogen and oxygen atoms in total. The van der Waals surface area contributed by atoms with Crippen molar-refractivity contribution in [1.82, 2.24) is 15.3 Å². The molecule has 1 aliphatic heterocycles. The quantitative estimate of drug-likeness (QED) is 0.528. The number of nitrogens with zero attached hydrogens (tertiary/aromatic N) is 2. The van der Waals surface area contributed by atoms with Gasteiger partial charge in [0, 0.05) is 32.7 Å². The van der Waals surface area contributed by atoms with Crippen LogP contribution in [-0.4, -0.2) is 74.6 Å². The average molecular weight is 203 g/mol. The Balaban J connectivity index is 1.91. The second kappa shape index (κ2) is 7.14. The van der Waals surface area contributed by atoms with Gasteiger partial charge in [-0.3, -0.25) is 5.43 Å². The Labute approximate surface area is 85.6 Å². The zero-order valence-corrected chi connectivity index (χ0v) is 8.91. The fraction of sp³-hybridized carbons (Fsp3) is 1.00. The van der Waals surface area contributed by atoms with Crippen LogP contribution in [0.1, 0.15) is 0 Å². The molecule has 1 rings (SSSR count). The molecule has 0 bridgehead atoms. The van der Waals surface area contributed by atoms with E-state index in [1.165, 1.54) is 0 Å². The smallest absolute Gasteiger partial charge is 0.0698 e. The van der Waals surface area contributed by atoms with Crippen LogP contribution in [0.4, 0.5) is 0 Å². The van der Waals surface area contributed by atoms with E-state index in [1.807, 2.05) is 0 Å². The van der Waals surface area contributed by atoms with Crippen molar-refractivity contribution in [2.45, 2.75) is 0 Å². The van der Waals surface area contributed by atoms with Crippen molar-refractivity contribution in [2.75, 3.05) is 59.6 Å². The molecule has 14 heavy (non-hydrogen) atoms. The van der Waals surface area contributed by atoms with Gasteiger partial charge in [0.05, 0.1) is 19.8 Å². The third-order valence-corrected chi connectivity index (χ3v) is 2.32. The van der Waals surface area contributed by atoms with E-state index in [4.69, 9.17) is 9.84 Å². The van der Waals surface area contributed by atoms with Crippen LogP contribution in [0.3, 0.4) is 0 Å². The van der Waals surface area contributed by atoms with E-state index in [0.29, 0.717) is 13.2 Å². The Morgan fingerprint density at radius 2 is 1.93 bits per heavy atom. The number of hydrogen-bond donors (Lipinski definition) is 2. The summed E-state index contributed by atoms with van der Waals surface area (Å²) >= 11 is 0. The van der Waals surface area contributed by atoms with E-state index < -0.39 is 0 Å². The third kappa shape index (κ3) is 4.88. The van der Waals surface area contributed by atoms with Gasteiger partial charge in [0.25, 0.3) is 0 Å². The minimum absolute atomic E-state index is 0.106. The molecule has 0 atom stereocenters. The first-order chi connectivity index (χ1) is 6.83. The molecule has 1 aliphatic rings. The number of hydrazine groups is 1. The Morgan fingerprint density at radius 3 is 2.57 bits per heavy atom. The van der Waals surface area contributed by atoms with Crippen LogP contribution >= 0.6 is 0 Å². The summed E-state index contributed by atoms with van der Waals surface area (Å²) in [6, 6.07) is 0. The van der Waals surface area contributed by atoms with Crippen molar-refractivity contribution < 1.29 is 9.84 Å². The minimum Gasteiger partial charge on any atom is -0.394 e. The fourth-order valence-electron chi connectivity index (χ4n) is 1.41. The number of ether oxygens (including phenoxy) is 1. The number of likely N-dealkylation sites (N-methyl/N-ethyl adjacent to an activating group) is 1. The Hall–Kier alpha value is -0.200. The lowest BCUT2D eigenvalue weighted by molar-refractivity contribution is 0.0623. The van der Waals surface area contributed by atoms with Gasteiger partial charge in [0.15, 0.2) is 0 Å². The second-order valence-corrected chi connectivity index (χ2v) is 3.53. The molecule has 0 amide bonds. The molecule has 84 valence electrons. The largest absolute Gasteiger partial charge is 0.394 e. The summed E-state index contributed by atoms with van der Waals surface area (Å²) in [5.74, 6) is 0. The Kier molecular flexibility index (Phi) is 6.05. The highest BCUT2D eigenvalue weighted by Gasteiger charge is 2.12. The second-order valence-electron chi connectivity index (χ2n) is 3.53. The van der Waals surface area contributed by atoms with Gasteiger partial charge in [-0.1, -0.05) is 0 Å². The standard InChI is InChI=1S/C9H21N3O2/c1-11-3-5-12(6-4-11)10-2-8-14-9-7-13/h10,13H,2-9H2,1H3. The number of aliphatic hydroxyl groups excluding tert-OH is 1. The van der Waals surface area contributed by atoms with E-state index in [0.717, 1.165) is 32.7 Å². The van der Waals surface area contributed by atoms with Gasteiger partial charge in [-0.15, -0.1) is 0 Å². The van der Waals surface area contributed by atoms with E-state index in [2.05, 4.69) is 22.4 Å². The lowest BCUT2D eigenvalue weighted by Gasteiger charge is -2.32. The highest BCUT2D eigenvalue weighted by Crippen LogP contribution is 1.94. The molecule has 0 radical (unpaired) electrons. The predicted molar refractivity (Wildman–Crippen MR) is 55.0 cm³/mol. The third-order valence-electron chi connectivity index (χ3n) is 2.32. The Morgan fingerprint density at radius 1 is 1.21 bits per heavy atom. The number of rotatable bonds is 6. The molecule has 2 N–H and O–H groups in total. The van der Waals surface area contributed by atoms with E-state index in [-0.39, 0.29) is 6.61 Å². The molecular formula is C9H21N3O2. The van der Waals surface area contributed by atoms with Crippen LogP contribution in [-0.2, 0) is 4.74 Å². The first-order valence-corrected chi connectivity index (χ1v) is 5.18. The molecule has 0 aliphatic carbocycles. The van der Waals surface area contributed by atoms with Crippen LogP contribution in [0.5, 0.6) is 0 Å². The molecule has 0 aromatic rings. The van der Waals surface area contributed by atoms with Crippen molar-refractivity contribution in [3.8, 4) is 0 Å². The zero-order valence-electron chi connectivity index (χ0n) is 8.91. The molecule has 0 aromatic heterocycles. The molecule has 1 fully saturated rings. The topological polar surface area (TPSA) is 48.0 Å². The molecule has 0 spiro atoms. The summed E-state index contributed by atoms with van der Waals surface area (Å²) in [6.45, 7) is 6.39. The van der Waals surface area contributed by atoms with Crippen LogP contribution in [0.15, 0.2) is 0 Å². The molecule has 0 aromatic carbocycles. The minimum atomic E-state index is 0.106. The molecule has 0 saturated carbocycles. The van der Waals surface area contributed by atoms with Crippen LogP contribution in [0, 0.1) is 0 Å². The number of hydrogen-bond acceptors (Lipinski definition) is 5. The van der Waals surface area contributed by atoms with Crippen molar-refractivity contribution in [3.63, 3.8) is 0 Å². The van der Waals surface area contributed by atoms with Crippen molar-refractivity contribution in [2.24, 2.45) is 0 Å². The normalized spacial score (nSPS) is 20.1. The first kappa shape index (κ1) is 11.9. The molecule has 1 heterocycles. The van der Waals surface area contributed by atoms with Gasteiger partial charge in [0.1, 0.15) is 0 Å². The fourth-order valence-corrected chi connectivity index (χ4v) is 1.41. The van der Waals surface area contributed by atoms with E-state index in [1.54, 1.807) is 0 Å². The summed E-state index contributed by atoms with van der Waals surface area (Å²) in [4.78, 5) is 2.32. The van der Waals surface area contributed by atoms with Gasteiger partial charge in [-0.05, 0) is 7.05 Å². The molecule has 0 unspecified atom stereocenters. The monoisotopic (exact) mass is 203 g/mol. The molecule has 5 heteroatoms. The number of piperazine rings is 1. The summed E-state index contributed by atoms with van der Waals surface area (Å²) in [5, 5.41) is 10.7. The van der Waals surface area contributed by atoms with Gasteiger partial charge < -0.3 is 14.7 Å². The SMILES string of the molecule is CN1CCN(NCCOCCO)CC1. The average Bonchev–Trinajstić information content (AvgIpc) is 2.21. The van der Waals surface area contributed by atoms with E-state index >= 15 is 0 Å². The van der Waals surface area contributed by atoms with Gasteiger partial charge >= 0.3 is 0 Å². The maximum absolute atomic E-state index is 8.48. The molecule has 1 saturated heterocycles. The summed E-state index contributed by atoms with van der Waals surface area (Å²) in [7, 11) is 2.14. The maximum Gasteiger partial charge on any atom is 0.0698 e. The van der Waals surface area contributed by atoms with Gasteiger partial charge in [0.2, 0.25) is 0 Å². The number of nitrogens with one attached hydrogen (secondary N) is 1. The zero-order chi connectivity index (χ0) is 10.2. The lowest BCUT2D eigenvalue weighted by atomic mass is 10.4. The van der Waals surface area contributed by atoms with Gasteiger partial charge in [-0.2, -0.15) is 0 Å². The van der Waals surface area contributed by atoms with Crippen molar-refractivity contribution in [3.05, 3.63) is 0 Å². The van der Waals surface area contributed by atoms with Crippen LogP contribution in [0.25, 0.3) is 0 Å². The Bertz CT molecular complexity index is 138. The highest BCUT2D eigenvalue weighted by molar-refractivity contribution is 4.65. The van der Waals surface area contributed by atoms with Crippen LogP contribution in [0.2, 0.25) is 0 Å². The molecular weight excluding hydrogens is 182 g/mol. The lowest BCUT2D eigenvalue weighted by Crippen LogP contribution is -2.51. The van der Waals surface area contributed by atoms with E-state index in [9.17, 15) is 0 Å².